The van der Waals surface area contributed by atoms with Crippen molar-refractivity contribution in [3.8, 4) is 0 Å². The number of rotatable bonds is 1. The lowest BCUT2D eigenvalue weighted by Crippen LogP contribution is -2.08. The normalized spacial score (nSPS) is 38.9. The van der Waals surface area contributed by atoms with Crippen LogP contribution in [-0.4, -0.2) is 9.55 Å². The van der Waals surface area contributed by atoms with Gasteiger partial charge in [0, 0.05) is 6.04 Å². The van der Waals surface area contributed by atoms with Gasteiger partial charge in [-0.15, -0.1) is 0 Å². The smallest absolute Gasteiger partial charge is 0.201 e. The van der Waals surface area contributed by atoms with Gasteiger partial charge >= 0.3 is 0 Å². The number of halogens is 1. The van der Waals surface area contributed by atoms with E-state index in [0.717, 1.165) is 29.2 Å². The number of hydrogen-bond acceptors (Lipinski definition) is 2. The summed E-state index contributed by atoms with van der Waals surface area (Å²) in [5, 5.41) is 0. The fourth-order valence-corrected chi connectivity index (χ4v) is 5.04. The van der Waals surface area contributed by atoms with Crippen LogP contribution < -0.4 is 5.73 Å². The SMILES string of the molecule is Nc1nc2c(F)cccc2n1C1C2C3CCC(C3)C21. The zero-order chi connectivity index (χ0) is 12.7. The third-order valence-corrected chi connectivity index (χ3v) is 5.69. The summed E-state index contributed by atoms with van der Waals surface area (Å²) in [6.45, 7) is 0. The monoisotopic (exact) mass is 257 g/mol. The lowest BCUT2D eigenvalue weighted by Gasteiger charge is -2.12. The van der Waals surface area contributed by atoms with Gasteiger partial charge in [-0.25, -0.2) is 9.37 Å². The number of imidazole rings is 1. The van der Waals surface area contributed by atoms with Gasteiger partial charge in [-0.3, -0.25) is 0 Å². The van der Waals surface area contributed by atoms with Crippen LogP contribution in [0.25, 0.3) is 11.0 Å². The maximum atomic E-state index is 13.8. The Balaban J connectivity index is 1.67. The molecule has 4 atom stereocenters. The highest BCUT2D eigenvalue weighted by Gasteiger charge is 2.66. The molecule has 19 heavy (non-hydrogen) atoms. The molecule has 1 aromatic carbocycles. The van der Waals surface area contributed by atoms with Crippen LogP contribution in [0.3, 0.4) is 0 Å². The molecule has 0 amide bonds. The summed E-state index contributed by atoms with van der Waals surface area (Å²) in [4.78, 5) is 4.24. The first kappa shape index (κ1) is 10.2. The predicted octanol–water partition coefficient (Wildman–Crippen LogP) is 2.97. The van der Waals surface area contributed by atoms with Crippen molar-refractivity contribution in [1.82, 2.24) is 9.55 Å². The van der Waals surface area contributed by atoms with E-state index < -0.39 is 0 Å². The largest absolute Gasteiger partial charge is 0.369 e. The Bertz CT molecular complexity index is 676. The van der Waals surface area contributed by atoms with Crippen LogP contribution >= 0.6 is 0 Å². The summed E-state index contributed by atoms with van der Waals surface area (Å²) in [5.41, 5.74) is 7.36. The number of benzene rings is 1. The molecule has 5 rings (SSSR count). The van der Waals surface area contributed by atoms with Crippen molar-refractivity contribution in [2.45, 2.75) is 25.3 Å². The second kappa shape index (κ2) is 3.11. The zero-order valence-corrected chi connectivity index (χ0v) is 10.6. The molecule has 0 aliphatic heterocycles. The molecular formula is C15H16FN3. The quantitative estimate of drug-likeness (QED) is 0.853. The van der Waals surface area contributed by atoms with Crippen LogP contribution in [-0.2, 0) is 0 Å². The minimum Gasteiger partial charge on any atom is -0.369 e. The molecule has 3 nitrogen and oxygen atoms in total. The first-order valence-corrected chi connectivity index (χ1v) is 7.17. The van der Waals surface area contributed by atoms with Crippen molar-refractivity contribution in [1.29, 1.82) is 0 Å². The molecule has 2 N–H and O–H groups in total. The number of hydrogen-bond donors (Lipinski definition) is 1. The van der Waals surface area contributed by atoms with Crippen molar-refractivity contribution < 1.29 is 4.39 Å². The van der Waals surface area contributed by atoms with Crippen molar-refractivity contribution in [3.63, 3.8) is 0 Å². The third kappa shape index (κ3) is 1.11. The average molecular weight is 257 g/mol. The molecular weight excluding hydrogens is 241 g/mol. The van der Waals surface area contributed by atoms with Crippen molar-refractivity contribution in [2.75, 3.05) is 5.73 Å². The first-order valence-electron chi connectivity index (χ1n) is 7.17. The van der Waals surface area contributed by atoms with E-state index in [1.807, 2.05) is 6.07 Å². The maximum absolute atomic E-state index is 13.8. The van der Waals surface area contributed by atoms with Crippen LogP contribution in [0, 0.1) is 29.5 Å². The van der Waals surface area contributed by atoms with Crippen LogP contribution in [0.15, 0.2) is 18.2 Å². The van der Waals surface area contributed by atoms with Crippen LogP contribution in [0.2, 0.25) is 0 Å². The van der Waals surface area contributed by atoms with E-state index in [-0.39, 0.29) is 5.82 Å². The van der Waals surface area contributed by atoms with Gasteiger partial charge in [0.2, 0.25) is 5.95 Å². The Morgan fingerprint density at radius 2 is 1.95 bits per heavy atom. The highest BCUT2D eigenvalue weighted by molar-refractivity contribution is 5.79. The first-order chi connectivity index (χ1) is 9.25. The summed E-state index contributed by atoms with van der Waals surface area (Å²) >= 11 is 0. The number of nitrogen functional groups attached to an aromatic ring is 1. The molecule has 98 valence electrons. The van der Waals surface area contributed by atoms with E-state index in [2.05, 4.69) is 9.55 Å². The molecule has 2 bridgehead atoms. The summed E-state index contributed by atoms with van der Waals surface area (Å²) in [6, 6.07) is 5.63. The van der Waals surface area contributed by atoms with Crippen LogP contribution in [0.5, 0.6) is 0 Å². The molecule has 3 fully saturated rings. The molecule has 4 unspecified atom stereocenters. The predicted molar refractivity (Wildman–Crippen MR) is 71.0 cm³/mol. The maximum Gasteiger partial charge on any atom is 0.201 e. The van der Waals surface area contributed by atoms with Gasteiger partial charge < -0.3 is 10.3 Å². The van der Waals surface area contributed by atoms with Gasteiger partial charge in [0.25, 0.3) is 0 Å². The van der Waals surface area contributed by atoms with Gasteiger partial charge in [0.15, 0.2) is 5.82 Å². The number of nitrogens with two attached hydrogens (primary N) is 1. The van der Waals surface area contributed by atoms with E-state index in [9.17, 15) is 4.39 Å². The lowest BCUT2D eigenvalue weighted by atomic mass is 10.0. The molecule has 0 radical (unpaired) electrons. The van der Waals surface area contributed by atoms with Crippen LogP contribution in [0.1, 0.15) is 25.3 Å². The van der Waals surface area contributed by atoms with Crippen molar-refractivity contribution in [3.05, 3.63) is 24.0 Å². The summed E-state index contributed by atoms with van der Waals surface area (Å²) < 4.78 is 15.9. The van der Waals surface area contributed by atoms with Gasteiger partial charge in [-0.1, -0.05) is 6.07 Å². The number of anilines is 1. The second-order valence-electron chi connectivity index (χ2n) is 6.43. The van der Waals surface area contributed by atoms with Gasteiger partial charge in [-0.05, 0) is 55.1 Å². The van der Waals surface area contributed by atoms with E-state index in [0.29, 0.717) is 17.5 Å². The fourth-order valence-electron chi connectivity index (χ4n) is 5.04. The number of aromatic nitrogens is 2. The van der Waals surface area contributed by atoms with Crippen LogP contribution in [0.4, 0.5) is 10.3 Å². The Labute approximate surface area is 110 Å². The summed E-state index contributed by atoms with van der Waals surface area (Å²) in [5.74, 6) is 3.54. The molecule has 2 aromatic rings. The molecule has 1 aromatic heterocycles. The van der Waals surface area contributed by atoms with E-state index in [4.69, 9.17) is 5.73 Å². The fraction of sp³-hybridized carbons (Fsp3) is 0.533. The molecule has 1 heterocycles. The summed E-state index contributed by atoms with van der Waals surface area (Å²) in [6.07, 6.45) is 4.17. The van der Waals surface area contributed by atoms with Crippen molar-refractivity contribution in [2.24, 2.45) is 23.7 Å². The molecule has 4 heteroatoms. The Kier molecular flexibility index (Phi) is 1.68. The van der Waals surface area contributed by atoms with Gasteiger partial charge in [0.1, 0.15) is 5.52 Å². The van der Waals surface area contributed by atoms with E-state index in [1.54, 1.807) is 6.07 Å². The standard InChI is InChI=1S/C15H16FN3/c16-9-2-1-3-10-13(9)18-15(17)19(10)14-11-7-4-5-8(6-7)12(11)14/h1-3,7-8,11-12,14H,4-6H2,(H2,17,18). The minimum atomic E-state index is -0.267. The topological polar surface area (TPSA) is 43.8 Å². The molecule has 3 aliphatic carbocycles. The van der Waals surface area contributed by atoms with E-state index >= 15 is 0 Å². The summed E-state index contributed by atoms with van der Waals surface area (Å²) in [7, 11) is 0. The lowest BCUT2D eigenvalue weighted by molar-refractivity contribution is 0.456. The Morgan fingerprint density at radius 3 is 2.68 bits per heavy atom. The molecule has 0 saturated heterocycles. The number of fused-ring (bicyclic) bond motifs is 6. The average Bonchev–Trinajstić information content (AvgIpc) is 2.76. The Morgan fingerprint density at radius 1 is 1.21 bits per heavy atom. The third-order valence-electron chi connectivity index (χ3n) is 5.69. The number of para-hydroxylation sites is 1. The van der Waals surface area contributed by atoms with Gasteiger partial charge in [-0.2, -0.15) is 0 Å². The molecule has 0 spiro atoms. The highest BCUT2D eigenvalue weighted by atomic mass is 19.1. The second-order valence-corrected chi connectivity index (χ2v) is 6.43. The van der Waals surface area contributed by atoms with Crippen molar-refractivity contribution >= 4 is 17.0 Å². The van der Waals surface area contributed by atoms with E-state index in [1.165, 1.54) is 25.3 Å². The highest BCUT2D eigenvalue weighted by Crippen LogP contribution is 2.72. The van der Waals surface area contributed by atoms with Gasteiger partial charge in [0.05, 0.1) is 5.52 Å². The molecule has 3 aliphatic rings. The minimum absolute atomic E-state index is 0.267. The Hall–Kier alpha value is -1.58. The molecule has 3 saturated carbocycles. The zero-order valence-electron chi connectivity index (χ0n) is 10.6. The number of nitrogens with zero attached hydrogens (tertiary/aromatic N) is 2.